The molecule has 0 saturated heterocycles. The van der Waals surface area contributed by atoms with Crippen LogP contribution in [0.1, 0.15) is 13.3 Å². The zero-order valence-corrected chi connectivity index (χ0v) is 16.4. The highest BCUT2D eigenvalue weighted by Crippen LogP contribution is 2.35. The maximum Gasteiger partial charge on any atom is 0.200 e. The van der Waals surface area contributed by atoms with Crippen LogP contribution >= 0.6 is 12.2 Å². The van der Waals surface area contributed by atoms with Gasteiger partial charge < -0.3 is 9.84 Å². The van der Waals surface area contributed by atoms with Crippen molar-refractivity contribution in [1.29, 1.82) is 0 Å². The van der Waals surface area contributed by atoms with Crippen molar-refractivity contribution in [2.75, 3.05) is 6.61 Å². The van der Waals surface area contributed by atoms with Crippen molar-refractivity contribution in [1.82, 2.24) is 14.8 Å². The Morgan fingerprint density at radius 2 is 2.07 bits per heavy atom. The Kier molecular flexibility index (Phi) is 5.09. The van der Waals surface area contributed by atoms with Crippen molar-refractivity contribution in [3.63, 3.8) is 0 Å². The summed E-state index contributed by atoms with van der Waals surface area (Å²) in [5.41, 5.74) is 1.33. The molecule has 0 aliphatic carbocycles. The van der Waals surface area contributed by atoms with E-state index in [9.17, 15) is 10.0 Å². The molecule has 29 heavy (non-hydrogen) atoms. The number of aromatic hydroxyl groups is 1. The van der Waals surface area contributed by atoms with Crippen LogP contribution in [0.4, 0.5) is 5.69 Å². The summed E-state index contributed by atoms with van der Waals surface area (Å²) < 4.78 is 7.91. The van der Waals surface area contributed by atoms with Crippen LogP contribution in [0, 0.1) is 9.68 Å². The number of hydrogen-bond acceptors (Lipinski definition) is 6. The second kappa shape index (κ2) is 7.84. The predicted molar refractivity (Wildman–Crippen MR) is 115 cm³/mol. The van der Waals surface area contributed by atoms with E-state index < -0.39 is 0 Å². The van der Waals surface area contributed by atoms with E-state index in [0.717, 1.165) is 28.6 Å². The molecule has 0 bridgehead atoms. The van der Waals surface area contributed by atoms with Crippen molar-refractivity contribution in [2.45, 2.75) is 13.3 Å². The van der Waals surface area contributed by atoms with Gasteiger partial charge in [0, 0.05) is 17.0 Å². The second-order valence-electron chi connectivity index (χ2n) is 6.49. The van der Waals surface area contributed by atoms with E-state index in [1.165, 1.54) is 12.1 Å². The number of nitrogens with one attached hydrogen (secondary N) is 1. The van der Waals surface area contributed by atoms with Crippen LogP contribution in [0.2, 0.25) is 0 Å². The Labute approximate surface area is 171 Å². The molecule has 2 N–H and O–H groups in total. The number of aromatic amines is 1. The van der Waals surface area contributed by atoms with Gasteiger partial charge in [0.25, 0.3) is 0 Å². The SMILES string of the molecule is CCCOc1ccc2cccc(-n3c(-c4ccc(O)cc4N=O)n[nH]c3=S)c2c1. The zero-order valence-electron chi connectivity index (χ0n) is 15.6. The first-order chi connectivity index (χ1) is 14.1. The summed E-state index contributed by atoms with van der Waals surface area (Å²) in [7, 11) is 0. The Morgan fingerprint density at radius 1 is 1.21 bits per heavy atom. The number of fused-ring (bicyclic) bond motifs is 1. The molecular formula is C21H18N4O3S. The minimum atomic E-state index is -0.0492. The van der Waals surface area contributed by atoms with Gasteiger partial charge in [0.15, 0.2) is 10.6 Å². The summed E-state index contributed by atoms with van der Waals surface area (Å²) >= 11 is 5.48. The molecule has 7 nitrogen and oxygen atoms in total. The number of nitroso groups, excluding NO2 is 1. The Morgan fingerprint density at radius 3 is 2.86 bits per heavy atom. The maximum atomic E-state index is 11.3. The van der Waals surface area contributed by atoms with Gasteiger partial charge in [-0.15, -0.1) is 4.91 Å². The second-order valence-corrected chi connectivity index (χ2v) is 6.88. The highest BCUT2D eigenvalue weighted by molar-refractivity contribution is 7.71. The largest absolute Gasteiger partial charge is 0.508 e. The smallest absolute Gasteiger partial charge is 0.200 e. The highest BCUT2D eigenvalue weighted by Gasteiger charge is 2.17. The fraction of sp³-hybridized carbons (Fsp3) is 0.143. The molecule has 0 atom stereocenters. The van der Waals surface area contributed by atoms with Crippen molar-refractivity contribution in [3.05, 3.63) is 64.3 Å². The third-order valence-electron chi connectivity index (χ3n) is 4.54. The molecule has 0 amide bonds. The molecule has 8 heteroatoms. The molecule has 4 aromatic rings. The van der Waals surface area contributed by atoms with Crippen LogP contribution in [0.15, 0.2) is 59.8 Å². The Hall–Kier alpha value is -3.52. The number of rotatable bonds is 6. The lowest BCUT2D eigenvalue weighted by molar-refractivity contribution is 0.318. The first kappa shape index (κ1) is 18.8. The van der Waals surface area contributed by atoms with Gasteiger partial charge in [-0.05, 0) is 59.5 Å². The normalized spacial score (nSPS) is 10.9. The molecule has 0 aliphatic heterocycles. The number of benzene rings is 3. The highest BCUT2D eigenvalue weighted by atomic mass is 32.1. The molecule has 4 rings (SSSR count). The summed E-state index contributed by atoms with van der Waals surface area (Å²) in [4.78, 5) is 11.3. The molecule has 0 fully saturated rings. The van der Waals surface area contributed by atoms with Gasteiger partial charge >= 0.3 is 0 Å². The lowest BCUT2D eigenvalue weighted by Gasteiger charge is -2.13. The molecule has 146 valence electrons. The quantitative estimate of drug-likeness (QED) is 0.319. The van der Waals surface area contributed by atoms with Crippen LogP contribution in [0.5, 0.6) is 11.5 Å². The summed E-state index contributed by atoms with van der Waals surface area (Å²) in [5, 5.41) is 21.8. The Bertz CT molecular complexity index is 1260. The summed E-state index contributed by atoms with van der Waals surface area (Å²) in [6.07, 6.45) is 0.916. The predicted octanol–water partition coefficient (Wildman–Crippen LogP) is 5.64. The zero-order chi connectivity index (χ0) is 20.4. The number of ether oxygens (including phenoxy) is 1. The molecule has 0 aliphatic rings. The van der Waals surface area contributed by atoms with Gasteiger partial charge in [0.1, 0.15) is 17.2 Å². The average Bonchev–Trinajstić information content (AvgIpc) is 3.12. The summed E-state index contributed by atoms with van der Waals surface area (Å²) in [6.45, 7) is 2.69. The van der Waals surface area contributed by atoms with E-state index in [0.29, 0.717) is 22.8 Å². The minimum absolute atomic E-state index is 0.0492. The number of aromatic nitrogens is 3. The van der Waals surface area contributed by atoms with E-state index in [1.807, 2.05) is 36.4 Å². The number of phenolic OH excluding ortho intramolecular Hbond substituents is 1. The third-order valence-corrected chi connectivity index (χ3v) is 4.81. The molecule has 1 heterocycles. The number of H-pyrrole nitrogens is 1. The topological polar surface area (TPSA) is 92.5 Å². The molecule has 3 aromatic carbocycles. The van der Waals surface area contributed by atoms with Gasteiger partial charge in [-0.2, -0.15) is 5.10 Å². The maximum absolute atomic E-state index is 11.3. The van der Waals surface area contributed by atoms with Gasteiger partial charge in [-0.3, -0.25) is 9.67 Å². The third kappa shape index (κ3) is 3.50. The summed E-state index contributed by atoms with van der Waals surface area (Å²) in [5.74, 6) is 1.15. The first-order valence-electron chi connectivity index (χ1n) is 9.12. The number of phenols is 1. The molecule has 0 radical (unpaired) electrons. The first-order valence-corrected chi connectivity index (χ1v) is 9.53. The van der Waals surface area contributed by atoms with Crippen LogP contribution in [-0.4, -0.2) is 26.5 Å². The van der Waals surface area contributed by atoms with E-state index >= 15 is 0 Å². The van der Waals surface area contributed by atoms with Crippen LogP contribution in [-0.2, 0) is 0 Å². The van der Waals surface area contributed by atoms with E-state index in [1.54, 1.807) is 10.6 Å². The Balaban J connectivity index is 1.95. The lowest BCUT2D eigenvalue weighted by atomic mass is 10.1. The van der Waals surface area contributed by atoms with Gasteiger partial charge in [0.05, 0.1) is 12.3 Å². The van der Waals surface area contributed by atoms with Crippen molar-refractivity contribution in [2.24, 2.45) is 5.18 Å². The van der Waals surface area contributed by atoms with Gasteiger partial charge in [-0.1, -0.05) is 25.1 Å². The standard InChI is InChI=1S/C21H18N4O3S/c1-2-10-28-15-8-6-13-4-3-5-19(17(13)12-15)25-20(22-23-21(25)29)16-9-7-14(26)11-18(16)24-27/h3-9,11-12,26H,2,10H2,1H3,(H,23,29). The fourth-order valence-electron chi connectivity index (χ4n) is 3.23. The molecule has 1 aromatic heterocycles. The number of nitrogens with zero attached hydrogens (tertiary/aromatic N) is 3. The van der Waals surface area contributed by atoms with Crippen LogP contribution < -0.4 is 4.74 Å². The molecule has 0 spiro atoms. The van der Waals surface area contributed by atoms with Crippen molar-refractivity contribution >= 4 is 28.7 Å². The minimum Gasteiger partial charge on any atom is -0.508 e. The number of hydrogen-bond donors (Lipinski definition) is 2. The lowest BCUT2D eigenvalue weighted by Crippen LogP contribution is -2.00. The van der Waals surface area contributed by atoms with Crippen LogP contribution in [0.25, 0.3) is 27.8 Å². The monoisotopic (exact) mass is 406 g/mol. The molecular weight excluding hydrogens is 388 g/mol. The van der Waals surface area contributed by atoms with Crippen LogP contribution in [0.3, 0.4) is 0 Å². The van der Waals surface area contributed by atoms with Crippen molar-refractivity contribution in [3.8, 4) is 28.6 Å². The molecule has 0 unspecified atom stereocenters. The van der Waals surface area contributed by atoms with E-state index in [4.69, 9.17) is 17.0 Å². The van der Waals surface area contributed by atoms with E-state index in [-0.39, 0.29) is 11.4 Å². The van der Waals surface area contributed by atoms with Gasteiger partial charge in [0.2, 0.25) is 0 Å². The summed E-state index contributed by atoms with van der Waals surface area (Å²) in [6, 6.07) is 16.1. The molecule has 0 saturated carbocycles. The van der Waals surface area contributed by atoms with E-state index in [2.05, 4.69) is 22.3 Å². The van der Waals surface area contributed by atoms with Gasteiger partial charge in [-0.25, -0.2) is 0 Å². The average molecular weight is 406 g/mol. The fourth-order valence-corrected chi connectivity index (χ4v) is 3.46. The van der Waals surface area contributed by atoms with Crippen molar-refractivity contribution < 1.29 is 9.84 Å².